The van der Waals surface area contributed by atoms with E-state index in [0.29, 0.717) is 5.71 Å². The molecule has 0 aromatic rings. The van der Waals surface area contributed by atoms with Gasteiger partial charge in [0.25, 0.3) is 5.91 Å². The van der Waals surface area contributed by atoms with Gasteiger partial charge in [-0.15, -0.1) is 0 Å². The van der Waals surface area contributed by atoms with Crippen molar-refractivity contribution >= 4 is 17.5 Å². The molecule has 0 bridgehead atoms. The smallest absolute Gasteiger partial charge is 0.272 e. The van der Waals surface area contributed by atoms with E-state index in [1.54, 1.807) is 0 Å². The highest BCUT2D eigenvalue weighted by Crippen LogP contribution is 2.17. The van der Waals surface area contributed by atoms with Crippen molar-refractivity contribution in [2.45, 2.75) is 20.8 Å². The molecule has 0 radical (unpaired) electrons. The normalized spacial score (nSPS) is 18.8. The molecule has 0 saturated carbocycles. The second kappa shape index (κ2) is 2.69. The molecule has 1 heterocycles. The topological polar surface area (TPSA) is 58.5 Å². The first-order valence-electron chi connectivity index (χ1n) is 3.80. The van der Waals surface area contributed by atoms with Crippen LogP contribution >= 0.6 is 0 Å². The Morgan fingerprint density at radius 2 is 1.92 bits per heavy atom. The number of hydrogen-bond donors (Lipinski definition) is 1. The Hall–Kier alpha value is -1.19. The fourth-order valence-electron chi connectivity index (χ4n) is 1.03. The van der Waals surface area contributed by atoms with Gasteiger partial charge in [-0.05, 0) is 0 Å². The second-order valence-electron chi connectivity index (χ2n) is 3.79. The Balaban J connectivity index is 2.92. The average Bonchev–Trinajstić information content (AvgIpc) is 1.83. The van der Waals surface area contributed by atoms with Gasteiger partial charge in [-0.1, -0.05) is 20.8 Å². The first-order chi connectivity index (χ1) is 5.41. The lowest BCUT2D eigenvalue weighted by Crippen LogP contribution is -2.46. The Bertz CT molecular complexity index is 261. The van der Waals surface area contributed by atoms with E-state index in [9.17, 15) is 9.59 Å². The number of nitrogens with one attached hydrogen (secondary N) is 1. The summed E-state index contributed by atoms with van der Waals surface area (Å²) in [4.78, 5) is 25.8. The van der Waals surface area contributed by atoms with Crippen LogP contribution in [0.5, 0.6) is 0 Å². The van der Waals surface area contributed by atoms with Gasteiger partial charge >= 0.3 is 0 Å². The third-order valence-corrected chi connectivity index (χ3v) is 1.56. The summed E-state index contributed by atoms with van der Waals surface area (Å²) >= 11 is 0. The van der Waals surface area contributed by atoms with Gasteiger partial charge in [0.05, 0.1) is 0 Å². The first kappa shape index (κ1) is 8.90. The number of imide groups is 1. The Labute approximate surface area is 71.1 Å². The lowest BCUT2D eigenvalue weighted by atomic mass is 9.89. The van der Waals surface area contributed by atoms with Crippen LogP contribution in [-0.4, -0.2) is 24.1 Å². The summed E-state index contributed by atoms with van der Waals surface area (Å²) in [6, 6.07) is 0. The molecule has 0 fully saturated rings. The standard InChI is InChI=1S/C8H12N2O2/c1-8(2,3)6-7(12)10-5(11)4-9-6/h4H2,1-3H3,(H,10,11,12). The summed E-state index contributed by atoms with van der Waals surface area (Å²) in [5.74, 6) is -0.688. The van der Waals surface area contributed by atoms with Crippen molar-refractivity contribution in [1.82, 2.24) is 5.32 Å². The molecule has 66 valence electrons. The van der Waals surface area contributed by atoms with Crippen LogP contribution in [0.3, 0.4) is 0 Å². The molecule has 1 aliphatic heterocycles. The van der Waals surface area contributed by atoms with Gasteiger partial charge in [0.15, 0.2) is 0 Å². The summed E-state index contributed by atoms with van der Waals surface area (Å²) in [6.07, 6.45) is 0. The molecular formula is C8H12N2O2. The molecule has 0 atom stereocenters. The van der Waals surface area contributed by atoms with Crippen LogP contribution < -0.4 is 5.32 Å². The van der Waals surface area contributed by atoms with Crippen LogP contribution in [0.25, 0.3) is 0 Å². The predicted octanol–water partition coefficient (Wildman–Crippen LogP) is 0.130. The van der Waals surface area contributed by atoms with E-state index in [4.69, 9.17) is 0 Å². The highest BCUT2D eigenvalue weighted by Gasteiger charge is 2.29. The van der Waals surface area contributed by atoms with Crippen LogP contribution in [0.15, 0.2) is 4.99 Å². The van der Waals surface area contributed by atoms with Crippen molar-refractivity contribution < 1.29 is 9.59 Å². The van der Waals surface area contributed by atoms with Gasteiger partial charge in [-0.25, -0.2) is 0 Å². The van der Waals surface area contributed by atoms with Crippen LogP contribution in [0.1, 0.15) is 20.8 Å². The van der Waals surface area contributed by atoms with Gasteiger partial charge in [0.1, 0.15) is 12.3 Å². The first-order valence-corrected chi connectivity index (χ1v) is 3.80. The van der Waals surface area contributed by atoms with Gasteiger partial charge < -0.3 is 0 Å². The van der Waals surface area contributed by atoms with Crippen molar-refractivity contribution in [3.8, 4) is 0 Å². The molecular weight excluding hydrogens is 156 g/mol. The minimum atomic E-state index is -0.362. The zero-order valence-electron chi connectivity index (χ0n) is 7.47. The van der Waals surface area contributed by atoms with E-state index in [2.05, 4.69) is 10.3 Å². The quantitative estimate of drug-likeness (QED) is 0.523. The molecule has 1 aliphatic rings. The summed E-state index contributed by atoms with van der Waals surface area (Å²) in [7, 11) is 0. The van der Waals surface area contributed by atoms with Gasteiger partial charge in [0.2, 0.25) is 5.91 Å². The zero-order valence-corrected chi connectivity index (χ0v) is 7.47. The third kappa shape index (κ3) is 1.69. The lowest BCUT2D eigenvalue weighted by Gasteiger charge is -2.22. The number of aliphatic imine (C=N–C) groups is 1. The minimum Gasteiger partial charge on any atom is -0.290 e. The SMILES string of the molecule is CC(C)(C)C1=NCC(=O)NC1=O. The maximum absolute atomic E-state index is 11.2. The molecule has 4 nitrogen and oxygen atoms in total. The zero-order chi connectivity index (χ0) is 9.35. The number of carbonyl (C=O) groups excluding carboxylic acids is 2. The van der Waals surface area contributed by atoms with Crippen molar-refractivity contribution in [2.75, 3.05) is 6.54 Å². The molecule has 1 N–H and O–H groups in total. The maximum atomic E-state index is 11.2. The molecule has 12 heavy (non-hydrogen) atoms. The van der Waals surface area contributed by atoms with Crippen molar-refractivity contribution in [1.29, 1.82) is 0 Å². The summed E-state index contributed by atoms with van der Waals surface area (Å²) < 4.78 is 0. The van der Waals surface area contributed by atoms with Crippen molar-refractivity contribution in [3.63, 3.8) is 0 Å². The lowest BCUT2D eigenvalue weighted by molar-refractivity contribution is -0.127. The fourth-order valence-corrected chi connectivity index (χ4v) is 1.03. The van der Waals surface area contributed by atoms with Crippen LogP contribution in [0.2, 0.25) is 0 Å². The molecule has 0 aromatic carbocycles. The molecule has 0 spiro atoms. The van der Waals surface area contributed by atoms with E-state index in [1.165, 1.54) is 0 Å². The highest BCUT2D eigenvalue weighted by molar-refractivity contribution is 6.44. The van der Waals surface area contributed by atoms with Gasteiger partial charge in [0, 0.05) is 5.41 Å². The summed E-state index contributed by atoms with van der Waals surface area (Å²) in [6.45, 7) is 5.74. The van der Waals surface area contributed by atoms with Crippen molar-refractivity contribution in [2.24, 2.45) is 10.4 Å². The summed E-state index contributed by atoms with van der Waals surface area (Å²) in [5, 5.41) is 2.23. The highest BCUT2D eigenvalue weighted by atomic mass is 16.2. The minimum absolute atomic E-state index is 0.0678. The average molecular weight is 168 g/mol. The number of nitrogens with zero attached hydrogens (tertiary/aromatic N) is 1. The number of rotatable bonds is 0. The van der Waals surface area contributed by atoms with Crippen LogP contribution in [0.4, 0.5) is 0 Å². The van der Waals surface area contributed by atoms with Crippen LogP contribution in [-0.2, 0) is 9.59 Å². The molecule has 0 aliphatic carbocycles. The second-order valence-corrected chi connectivity index (χ2v) is 3.79. The van der Waals surface area contributed by atoms with E-state index in [0.717, 1.165) is 0 Å². The van der Waals surface area contributed by atoms with Gasteiger partial charge in [-0.2, -0.15) is 0 Å². The van der Waals surface area contributed by atoms with Gasteiger partial charge in [-0.3, -0.25) is 19.9 Å². The Morgan fingerprint density at radius 3 is 2.33 bits per heavy atom. The predicted molar refractivity (Wildman–Crippen MR) is 44.9 cm³/mol. The number of hydrogen-bond acceptors (Lipinski definition) is 3. The number of amides is 2. The van der Waals surface area contributed by atoms with E-state index < -0.39 is 0 Å². The molecule has 0 unspecified atom stereocenters. The Kier molecular flexibility index (Phi) is 2.00. The molecule has 2 amide bonds. The molecule has 0 saturated heterocycles. The maximum Gasteiger partial charge on any atom is 0.272 e. The molecule has 1 rings (SSSR count). The monoisotopic (exact) mass is 168 g/mol. The van der Waals surface area contributed by atoms with E-state index >= 15 is 0 Å². The van der Waals surface area contributed by atoms with E-state index in [1.807, 2.05) is 20.8 Å². The molecule has 0 aromatic heterocycles. The molecule has 4 heteroatoms. The third-order valence-electron chi connectivity index (χ3n) is 1.56. The Morgan fingerprint density at radius 1 is 1.33 bits per heavy atom. The fraction of sp³-hybridized carbons (Fsp3) is 0.625. The largest absolute Gasteiger partial charge is 0.290 e. The summed E-state index contributed by atoms with van der Waals surface area (Å²) in [5.41, 5.74) is 0.159. The van der Waals surface area contributed by atoms with Crippen LogP contribution in [0, 0.1) is 5.41 Å². The number of carbonyl (C=O) groups is 2. The van der Waals surface area contributed by atoms with E-state index in [-0.39, 0.29) is 23.8 Å². The van der Waals surface area contributed by atoms with Crippen molar-refractivity contribution in [3.05, 3.63) is 0 Å².